The van der Waals surface area contributed by atoms with Gasteiger partial charge < -0.3 is 19.7 Å². The molecule has 0 saturated heterocycles. The molecule has 11 nitrogen and oxygen atoms in total. The molecule has 190 valence electrons. The zero-order valence-electron chi connectivity index (χ0n) is 19.1. The van der Waals surface area contributed by atoms with E-state index in [0.717, 1.165) is 6.20 Å². The van der Waals surface area contributed by atoms with E-state index in [1.54, 1.807) is 35.6 Å². The van der Waals surface area contributed by atoms with Gasteiger partial charge in [0.05, 0.1) is 11.3 Å². The maximum Gasteiger partial charge on any atom is 0.405 e. The summed E-state index contributed by atoms with van der Waals surface area (Å²) in [6.07, 6.45) is -4.80. The predicted octanol–water partition coefficient (Wildman–Crippen LogP) is 2.85. The molecule has 1 atom stereocenters. The fourth-order valence-electron chi connectivity index (χ4n) is 3.72. The first-order chi connectivity index (χ1) is 17.7. The van der Waals surface area contributed by atoms with Gasteiger partial charge in [-0.05, 0) is 12.1 Å². The molecule has 14 heteroatoms. The van der Waals surface area contributed by atoms with Gasteiger partial charge in [-0.25, -0.2) is 0 Å². The summed E-state index contributed by atoms with van der Waals surface area (Å²) in [4.78, 5) is 16.1. The highest BCUT2D eigenvalue weighted by atomic mass is 19.4. The number of carbonyl (C=O) groups excluding carboxylic acids is 1. The fourth-order valence-corrected chi connectivity index (χ4v) is 3.72. The molecule has 1 unspecified atom stereocenters. The minimum atomic E-state index is -4.54. The van der Waals surface area contributed by atoms with Crippen LogP contribution in [0.1, 0.15) is 33.6 Å². The third kappa shape index (κ3) is 4.83. The van der Waals surface area contributed by atoms with Crippen molar-refractivity contribution in [1.29, 1.82) is 0 Å². The molecular weight excluding hydrogens is 495 g/mol. The minimum absolute atomic E-state index is 0.0903. The van der Waals surface area contributed by atoms with E-state index >= 15 is 0 Å². The first-order valence-electron chi connectivity index (χ1n) is 10.8. The zero-order valence-corrected chi connectivity index (χ0v) is 19.1. The second kappa shape index (κ2) is 9.55. The van der Waals surface area contributed by atoms with Crippen LogP contribution >= 0.6 is 0 Å². The lowest BCUT2D eigenvalue weighted by Gasteiger charge is -2.14. The first kappa shape index (κ1) is 24.3. The molecule has 4 aromatic heterocycles. The highest BCUT2D eigenvalue weighted by Gasteiger charge is 2.28. The van der Waals surface area contributed by atoms with Gasteiger partial charge in [0.2, 0.25) is 5.82 Å². The third-order valence-corrected chi connectivity index (χ3v) is 5.40. The summed E-state index contributed by atoms with van der Waals surface area (Å²) in [5.74, 6) is -0.200. The molecule has 2 N–H and O–H groups in total. The lowest BCUT2D eigenvalue weighted by molar-refractivity contribution is -0.123. The van der Waals surface area contributed by atoms with Crippen molar-refractivity contribution >= 4 is 22.3 Å². The van der Waals surface area contributed by atoms with Crippen LogP contribution < -0.4 is 5.32 Å². The van der Waals surface area contributed by atoms with Crippen LogP contribution in [0.4, 0.5) is 13.2 Å². The molecule has 0 fully saturated rings. The predicted molar refractivity (Wildman–Crippen MR) is 121 cm³/mol. The van der Waals surface area contributed by atoms with Gasteiger partial charge in [-0.1, -0.05) is 29.4 Å². The maximum absolute atomic E-state index is 12.4. The smallest absolute Gasteiger partial charge is 0.380 e. The van der Waals surface area contributed by atoms with E-state index in [2.05, 4.69) is 25.4 Å². The molecule has 0 radical (unpaired) electrons. The molecule has 5 rings (SSSR count). The summed E-state index contributed by atoms with van der Waals surface area (Å²) in [5.41, 5.74) is 1.03. The van der Waals surface area contributed by atoms with Gasteiger partial charge in [-0.2, -0.15) is 22.8 Å². The van der Waals surface area contributed by atoms with Crippen molar-refractivity contribution in [2.75, 3.05) is 13.7 Å². The van der Waals surface area contributed by atoms with Crippen molar-refractivity contribution in [2.45, 2.75) is 18.9 Å². The van der Waals surface area contributed by atoms with Crippen LogP contribution in [0.2, 0.25) is 0 Å². The van der Waals surface area contributed by atoms with Crippen LogP contribution in [-0.4, -0.2) is 60.8 Å². The molecule has 0 aliphatic rings. The molecule has 0 saturated carbocycles. The number of nitrogens with zero attached hydrogens (tertiary/aromatic N) is 6. The van der Waals surface area contributed by atoms with Crippen molar-refractivity contribution in [3.05, 3.63) is 71.4 Å². The largest absolute Gasteiger partial charge is 0.405 e. The number of amides is 1. The summed E-state index contributed by atoms with van der Waals surface area (Å²) >= 11 is 0. The third-order valence-electron chi connectivity index (χ3n) is 5.40. The molecule has 0 aliphatic carbocycles. The first-order valence-corrected chi connectivity index (χ1v) is 10.8. The number of methoxy groups -OCH3 is 1. The average Bonchev–Trinajstić information content (AvgIpc) is 3.53. The van der Waals surface area contributed by atoms with Gasteiger partial charge in [0.15, 0.2) is 17.1 Å². The van der Waals surface area contributed by atoms with E-state index in [4.69, 9.17) is 9.26 Å². The number of ether oxygens (including phenoxy) is 1. The van der Waals surface area contributed by atoms with Gasteiger partial charge in [-0.3, -0.25) is 9.78 Å². The number of fused-ring (bicyclic) bond motifs is 3. The number of hydrogen-bond donors (Lipinski definition) is 2. The number of halogens is 3. The summed E-state index contributed by atoms with van der Waals surface area (Å²) in [6.45, 7) is -1.26. The Balaban J connectivity index is 1.52. The standard InChI is InChI=1S/C23H18F3N7O4/c1-36-10-13-8-17(32-37-13)21-30-29-20-15-5-3-2-4-14(15)18(31-33(20)21)19(34)16-7-6-12(9-27-16)22(35)28-11-23(24,25)26/h2-9,19,34H,10-11H2,1H3,(H,28,35). The Hall–Kier alpha value is -4.43. The van der Waals surface area contributed by atoms with Crippen LogP contribution in [0, 0.1) is 0 Å². The number of rotatable bonds is 7. The minimum Gasteiger partial charge on any atom is -0.380 e. The van der Waals surface area contributed by atoms with Gasteiger partial charge in [0.25, 0.3) is 5.91 Å². The Labute approximate surface area is 205 Å². The SMILES string of the molecule is COCc1cc(-c2nnc3c4ccccc4c(C(O)c4ccc(C(=O)NCC(F)(F)F)cn4)nn23)no1. The summed E-state index contributed by atoms with van der Waals surface area (Å²) in [5, 5.41) is 31.2. The molecule has 37 heavy (non-hydrogen) atoms. The lowest BCUT2D eigenvalue weighted by atomic mass is 10.0. The van der Waals surface area contributed by atoms with Gasteiger partial charge in [0, 0.05) is 30.1 Å². The number of carbonyl (C=O) groups is 1. The lowest BCUT2D eigenvalue weighted by Crippen LogP contribution is -2.33. The van der Waals surface area contributed by atoms with Crippen LogP contribution in [0.3, 0.4) is 0 Å². The number of aliphatic hydroxyl groups is 1. The molecule has 1 aromatic carbocycles. The van der Waals surface area contributed by atoms with Crippen molar-refractivity contribution in [3.8, 4) is 11.5 Å². The van der Waals surface area contributed by atoms with E-state index in [9.17, 15) is 23.1 Å². The molecular formula is C23H18F3N7O4. The van der Waals surface area contributed by atoms with Crippen molar-refractivity contribution < 1.29 is 32.3 Å². The highest BCUT2D eigenvalue weighted by molar-refractivity contribution is 5.96. The summed E-state index contributed by atoms with van der Waals surface area (Å²) < 4.78 is 48.9. The monoisotopic (exact) mass is 513 g/mol. The molecule has 5 aromatic rings. The molecule has 0 spiro atoms. The zero-order chi connectivity index (χ0) is 26.2. The summed E-state index contributed by atoms with van der Waals surface area (Å²) in [7, 11) is 1.52. The van der Waals surface area contributed by atoms with E-state index in [-0.39, 0.29) is 29.4 Å². The Kier molecular flexibility index (Phi) is 6.27. The van der Waals surface area contributed by atoms with Gasteiger partial charge >= 0.3 is 6.18 Å². The molecule has 0 aliphatic heterocycles. The quantitative estimate of drug-likeness (QED) is 0.336. The van der Waals surface area contributed by atoms with Crippen molar-refractivity contribution in [2.24, 2.45) is 0 Å². The molecule has 4 heterocycles. The van der Waals surface area contributed by atoms with Crippen LogP contribution in [0.25, 0.3) is 27.9 Å². The van der Waals surface area contributed by atoms with Crippen LogP contribution in [0.15, 0.2) is 53.2 Å². The second-order valence-electron chi connectivity index (χ2n) is 7.97. The number of nitrogens with one attached hydrogen (secondary N) is 1. The fraction of sp³-hybridized carbons (Fsp3) is 0.217. The number of aromatic nitrogens is 6. The summed E-state index contributed by atoms with van der Waals surface area (Å²) in [6, 6.07) is 11.4. The van der Waals surface area contributed by atoms with E-state index in [1.807, 2.05) is 0 Å². The number of pyridine rings is 1. The Morgan fingerprint density at radius 2 is 1.97 bits per heavy atom. The van der Waals surface area contributed by atoms with Crippen molar-refractivity contribution in [3.63, 3.8) is 0 Å². The maximum atomic E-state index is 12.4. The normalized spacial score (nSPS) is 12.8. The van der Waals surface area contributed by atoms with Crippen LogP contribution in [0.5, 0.6) is 0 Å². The van der Waals surface area contributed by atoms with E-state index in [1.165, 1.54) is 23.8 Å². The number of alkyl halides is 3. The number of hydrogen-bond acceptors (Lipinski definition) is 9. The molecule has 0 bridgehead atoms. The van der Waals surface area contributed by atoms with Gasteiger partial charge in [0.1, 0.15) is 24.9 Å². The molecule has 1 amide bonds. The highest BCUT2D eigenvalue weighted by Crippen LogP contribution is 2.30. The topological polar surface area (TPSA) is 141 Å². The Bertz CT molecular complexity index is 1580. The van der Waals surface area contributed by atoms with E-state index < -0.39 is 24.7 Å². The van der Waals surface area contributed by atoms with Crippen LogP contribution in [-0.2, 0) is 11.3 Å². The number of benzene rings is 1. The van der Waals surface area contributed by atoms with Crippen molar-refractivity contribution in [1.82, 2.24) is 35.3 Å². The Morgan fingerprint density at radius 3 is 2.68 bits per heavy atom. The van der Waals surface area contributed by atoms with Gasteiger partial charge in [-0.15, -0.1) is 10.2 Å². The Morgan fingerprint density at radius 1 is 1.19 bits per heavy atom. The second-order valence-corrected chi connectivity index (χ2v) is 7.97. The number of aliphatic hydroxyl groups excluding tert-OH is 1. The van der Waals surface area contributed by atoms with E-state index in [0.29, 0.717) is 27.9 Å². The average molecular weight is 513 g/mol.